The number of nitrogens with zero attached hydrogens (tertiary/aromatic N) is 2. The Labute approximate surface area is 99.7 Å². The molecule has 1 heterocycles. The number of rotatable bonds is 3. The molecule has 0 radical (unpaired) electrons. The molecule has 0 saturated heterocycles. The number of hydrogen-bond acceptors (Lipinski definition) is 5. The van der Waals surface area contributed by atoms with E-state index in [0.717, 1.165) is 17.1 Å². The van der Waals surface area contributed by atoms with Crippen LogP contribution in [0.5, 0.6) is 5.75 Å². The first-order valence-electron chi connectivity index (χ1n) is 5.20. The van der Waals surface area contributed by atoms with E-state index in [1.807, 2.05) is 37.3 Å². The van der Waals surface area contributed by atoms with Crippen molar-refractivity contribution in [3.8, 4) is 5.75 Å². The summed E-state index contributed by atoms with van der Waals surface area (Å²) in [4.78, 5) is 8.12. The molecule has 2 rings (SSSR count). The number of benzene rings is 1. The van der Waals surface area contributed by atoms with Gasteiger partial charge in [-0.05, 0) is 19.1 Å². The quantitative estimate of drug-likeness (QED) is 0.844. The summed E-state index contributed by atoms with van der Waals surface area (Å²) in [5.74, 6) is 1.66. The highest BCUT2D eigenvalue weighted by molar-refractivity contribution is 5.64. The van der Waals surface area contributed by atoms with Crippen LogP contribution in [0.1, 0.15) is 5.69 Å². The minimum atomic E-state index is 0.252. The topological polar surface area (TPSA) is 73.1 Å². The number of aryl methyl sites for hydroxylation is 1. The zero-order chi connectivity index (χ0) is 12.3. The lowest BCUT2D eigenvalue weighted by atomic mass is 10.3. The molecule has 5 nitrogen and oxygen atoms in total. The molecule has 0 aliphatic heterocycles. The number of para-hydroxylation sites is 2. The number of hydrogen-bond donors (Lipinski definition) is 2. The van der Waals surface area contributed by atoms with Crippen molar-refractivity contribution in [1.29, 1.82) is 0 Å². The third-order valence-corrected chi connectivity index (χ3v) is 2.24. The second kappa shape index (κ2) is 4.69. The van der Waals surface area contributed by atoms with Crippen molar-refractivity contribution in [1.82, 2.24) is 9.97 Å². The number of anilines is 3. The summed E-state index contributed by atoms with van der Waals surface area (Å²) in [5, 5.41) is 3.15. The number of methoxy groups -OCH3 is 1. The van der Waals surface area contributed by atoms with Crippen LogP contribution in [0.4, 0.5) is 17.5 Å². The monoisotopic (exact) mass is 230 g/mol. The maximum atomic E-state index is 5.59. The van der Waals surface area contributed by atoms with Crippen LogP contribution in [-0.4, -0.2) is 17.1 Å². The first-order valence-corrected chi connectivity index (χ1v) is 5.20. The summed E-state index contributed by atoms with van der Waals surface area (Å²) in [6, 6.07) is 9.43. The highest BCUT2D eigenvalue weighted by Crippen LogP contribution is 2.26. The number of aromatic nitrogens is 2. The van der Waals surface area contributed by atoms with Crippen LogP contribution in [0.2, 0.25) is 0 Å². The van der Waals surface area contributed by atoms with E-state index < -0.39 is 0 Å². The Bertz CT molecular complexity index is 507. The summed E-state index contributed by atoms with van der Waals surface area (Å²) in [6.07, 6.45) is 0. The van der Waals surface area contributed by atoms with E-state index in [2.05, 4.69) is 15.3 Å². The number of nitrogens with two attached hydrogens (primary N) is 1. The third kappa shape index (κ3) is 2.63. The molecule has 0 atom stereocenters. The summed E-state index contributed by atoms with van der Waals surface area (Å²) in [7, 11) is 1.63. The van der Waals surface area contributed by atoms with Crippen molar-refractivity contribution >= 4 is 17.5 Å². The van der Waals surface area contributed by atoms with Gasteiger partial charge in [-0.2, -0.15) is 4.98 Å². The van der Waals surface area contributed by atoms with Gasteiger partial charge in [0.2, 0.25) is 5.95 Å². The second-order valence-corrected chi connectivity index (χ2v) is 3.58. The van der Waals surface area contributed by atoms with Gasteiger partial charge in [0.05, 0.1) is 12.8 Å². The van der Waals surface area contributed by atoms with E-state index in [1.165, 1.54) is 0 Å². The van der Waals surface area contributed by atoms with Gasteiger partial charge in [0.1, 0.15) is 11.6 Å². The molecule has 0 aliphatic carbocycles. The SMILES string of the molecule is COc1ccccc1Nc1cc(C)nc(N)n1. The maximum Gasteiger partial charge on any atom is 0.222 e. The fourth-order valence-electron chi connectivity index (χ4n) is 1.54. The summed E-state index contributed by atoms with van der Waals surface area (Å²) >= 11 is 0. The van der Waals surface area contributed by atoms with Gasteiger partial charge in [-0.3, -0.25) is 0 Å². The van der Waals surface area contributed by atoms with Gasteiger partial charge < -0.3 is 15.8 Å². The fourth-order valence-corrected chi connectivity index (χ4v) is 1.54. The Morgan fingerprint density at radius 1 is 1.24 bits per heavy atom. The minimum Gasteiger partial charge on any atom is -0.495 e. The van der Waals surface area contributed by atoms with Crippen LogP contribution in [0.25, 0.3) is 0 Å². The predicted octanol–water partition coefficient (Wildman–Crippen LogP) is 2.12. The molecule has 0 unspecified atom stereocenters. The van der Waals surface area contributed by atoms with E-state index in [0.29, 0.717) is 5.82 Å². The highest BCUT2D eigenvalue weighted by Gasteiger charge is 2.04. The smallest absolute Gasteiger partial charge is 0.222 e. The molecular formula is C12H14N4O. The molecule has 0 amide bonds. The predicted molar refractivity (Wildman–Crippen MR) is 67.5 cm³/mol. The van der Waals surface area contributed by atoms with Crippen molar-refractivity contribution in [3.63, 3.8) is 0 Å². The Balaban J connectivity index is 2.31. The Morgan fingerprint density at radius 2 is 2.00 bits per heavy atom. The molecular weight excluding hydrogens is 216 g/mol. The summed E-state index contributed by atoms with van der Waals surface area (Å²) < 4.78 is 5.24. The Kier molecular flexibility index (Phi) is 3.09. The van der Waals surface area contributed by atoms with Gasteiger partial charge in [-0.15, -0.1) is 0 Å². The molecule has 0 saturated carbocycles. The maximum absolute atomic E-state index is 5.59. The van der Waals surface area contributed by atoms with E-state index in [4.69, 9.17) is 10.5 Å². The molecule has 2 aromatic rings. The van der Waals surface area contributed by atoms with Crippen LogP contribution in [0, 0.1) is 6.92 Å². The van der Waals surface area contributed by atoms with Crippen LogP contribution < -0.4 is 15.8 Å². The largest absolute Gasteiger partial charge is 0.495 e. The molecule has 0 fully saturated rings. The van der Waals surface area contributed by atoms with Crippen molar-refractivity contribution in [2.24, 2.45) is 0 Å². The molecule has 88 valence electrons. The first kappa shape index (κ1) is 11.2. The van der Waals surface area contributed by atoms with Crippen molar-refractivity contribution < 1.29 is 4.74 Å². The highest BCUT2D eigenvalue weighted by atomic mass is 16.5. The lowest BCUT2D eigenvalue weighted by molar-refractivity contribution is 0.417. The van der Waals surface area contributed by atoms with E-state index in [1.54, 1.807) is 7.11 Å². The molecule has 1 aromatic heterocycles. The minimum absolute atomic E-state index is 0.252. The first-order chi connectivity index (χ1) is 8.19. The van der Waals surface area contributed by atoms with E-state index >= 15 is 0 Å². The molecule has 0 aliphatic rings. The normalized spacial score (nSPS) is 10.0. The lowest BCUT2D eigenvalue weighted by Gasteiger charge is -2.10. The van der Waals surface area contributed by atoms with Gasteiger partial charge in [-0.1, -0.05) is 12.1 Å². The average Bonchev–Trinajstić information content (AvgIpc) is 2.28. The van der Waals surface area contributed by atoms with E-state index in [-0.39, 0.29) is 5.95 Å². The molecule has 0 spiro atoms. The number of nitrogens with one attached hydrogen (secondary N) is 1. The standard InChI is InChI=1S/C12H14N4O/c1-8-7-11(16-12(13)14-8)15-9-5-3-4-6-10(9)17-2/h3-7H,1-2H3,(H3,13,14,15,16). The zero-order valence-electron chi connectivity index (χ0n) is 9.77. The van der Waals surface area contributed by atoms with Crippen LogP contribution >= 0.6 is 0 Å². The van der Waals surface area contributed by atoms with Crippen molar-refractivity contribution in [2.75, 3.05) is 18.2 Å². The summed E-state index contributed by atoms with van der Waals surface area (Å²) in [5.41, 5.74) is 7.25. The molecule has 1 aromatic carbocycles. The molecule has 3 N–H and O–H groups in total. The van der Waals surface area contributed by atoms with Gasteiger partial charge in [0.15, 0.2) is 0 Å². The van der Waals surface area contributed by atoms with Crippen LogP contribution in [0.3, 0.4) is 0 Å². The van der Waals surface area contributed by atoms with Gasteiger partial charge in [-0.25, -0.2) is 4.98 Å². The van der Waals surface area contributed by atoms with Gasteiger partial charge >= 0.3 is 0 Å². The molecule has 0 bridgehead atoms. The molecule has 17 heavy (non-hydrogen) atoms. The van der Waals surface area contributed by atoms with Crippen LogP contribution in [-0.2, 0) is 0 Å². The van der Waals surface area contributed by atoms with Gasteiger partial charge in [0.25, 0.3) is 0 Å². The van der Waals surface area contributed by atoms with Crippen LogP contribution in [0.15, 0.2) is 30.3 Å². The third-order valence-electron chi connectivity index (χ3n) is 2.24. The number of nitrogen functional groups attached to an aromatic ring is 1. The van der Waals surface area contributed by atoms with Crippen molar-refractivity contribution in [2.45, 2.75) is 6.92 Å². The Hall–Kier alpha value is -2.30. The van der Waals surface area contributed by atoms with Crippen molar-refractivity contribution in [3.05, 3.63) is 36.0 Å². The molecule has 5 heteroatoms. The van der Waals surface area contributed by atoms with Gasteiger partial charge in [0, 0.05) is 11.8 Å². The second-order valence-electron chi connectivity index (χ2n) is 3.58. The number of ether oxygens (including phenoxy) is 1. The van der Waals surface area contributed by atoms with E-state index in [9.17, 15) is 0 Å². The lowest BCUT2D eigenvalue weighted by Crippen LogP contribution is -2.02. The zero-order valence-corrected chi connectivity index (χ0v) is 9.77. The Morgan fingerprint density at radius 3 is 2.71 bits per heavy atom. The average molecular weight is 230 g/mol. The fraction of sp³-hybridized carbons (Fsp3) is 0.167. The summed E-state index contributed by atoms with van der Waals surface area (Å²) in [6.45, 7) is 1.87.